The van der Waals surface area contributed by atoms with E-state index < -0.39 is 0 Å². The predicted octanol–water partition coefficient (Wildman–Crippen LogP) is 1.57. The van der Waals surface area contributed by atoms with Crippen LogP contribution < -0.4 is 5.73 Å². The molecule has 2 N–H and O–H groups in total. The number of nitrogens with two attached hydrogens (primary N) is 1. The molecule has 2 nitrogen and oxygen atoms in total. The van der Waals surface area contributed by atoms with Gasteiger partial charge in [0.1, 0.15) is 0 Å². The molecular formula is C8H18ClNO. The molecule has 1 fully saturated rings. The van der Waals surface area contributed by atoms with E-state index in [1.54, 1.807) is 7.11 Å². The first-order valence-corrected chi connectivity index (χ1v) is 4.09. The third-order valence-corrected chi connectivity index (χ3v) is 2.36. The summed E-state index contributed by atoms with van der Waals surface area (Å²) in [6, 6.07) is 0.285. The van der Waals surface area contributed by atoms with Crippen LogP contribution in [-0.2, 0) is 4.74 Å². The molecule has 0 heterocycles. The van der Waals surface area contributed by atoms with E-state index in [1.165, 1.54) is 25.7 Å². The molecule has 3 heteroatoms. The van der Waals surface area contributed by atoms with Crippen LogP contribution in [0, 0.1) is 5.92 Å². The highest BCUT2D eigenvalue weighted by molar-refractivity contribution is 5.85. The summed E-state index contributed by atoms with van der Waals surface area (Å²) in [5.41, 5.74) is 5.86. The molecule has 0 saturated heterocycles. The summed E-state index contributed by atoms with van der Waals surface area (Å²) < 4.78 is 4.99. The largest absolute Gasteiger partial charge is 0.383 e. The highest BCUT2D eigenvalue weighted by Gasteiger charge is 2.21. The molecule has 0 aliphatic heterocycles. The van der Waals surface area contributed by atoms with E-state index in [4.69, 9.17) is 10.5 Å². The second-order valence-electron chi connectivity index (χ2n) is 3.16. The van der Waals surface area contributed by atoms with Crippen molar-refractivity contribution >= 4 is 12.4 Å². The predicted molar refractivity (Wildman–Crippen MR) is 49.1 cm³/mol. The first kappa shape index (κ1) is 11.2. The Bertz CT molecular complexity index is 94.1. The molecule has 0 aromatic carbocycles. The molecule has 11 heavy (non-hydrogen) atoms. The van der Waals surface area contributed by atoms with Crippen LogP contribution in [0.5, 0.6) is 0 Å². The van der Waals surface area contributed by atoms with Crippen LogP contribution in [0.15, 0.2) is 0 Å². The van der Waals surface area contributed by atoms with Crippen LogP contribution in [0.25, 0.3) is 0 Å². The number of methoxy groups -OCH3 is 1. The minimum Gasteiger partial charge on any atom is -0.383 e. The smallest absolute Gasteiger partial charge is 0.0616 e. The molecule has 0 aromatic rings. The fraction of sp³-hybridized carbons (Fsp3) is 1.00. The van der Waals surface area contributed by atoms with Crippen LogP contribution in [0.2, 0.25) is 0 Å². The third kappa shape index (κ3) is 3.41. The zero-order chi connectivity index (χ0) is 7.40. The number of hydrogen-bond acceptors (Lipinski definition) is 2. The van der Waals surface area contributed by atoms with E-state index in [2.05, 4.69) is 0 Å². The maximum atomic E-state index is 5.86. The second kappa shape index (κ2) is 5.81. The fourth-order valence-corrected chi connectivity index (χ4v) is 1.71. The van der Waals surface area contributed by atoms with Gasteiger partial charge in [0, 0.05) is 13.2 Å². The number of hydrogen-bond donors (Lipinski definition) is 1. The lowest BCUT2D eigenvalue weighted by Gasteiger charge is -2.16. The maximum absolute atomic E-state index is 5.86. The average molecular weight is 180 g/mol. The molecule has 0 radical (unpaired) electrons. The van der Waals surface area contributed by atoms with Gasteiger partial charge in [-0.2, -0.15) is 0 Å². The van der Waals surface area contributed by atoms with E-state index in [9.17, 15) is 0 Å². The van der Waals surface area contributed by atoms with Gasteiger partial charge in [0.15, 0.2) is 0 Å². The summed E-state index contributed by atoms with van der Waals surface area (Å²) in [6.45, 7) is 0.727. The van der Waals surface area contributed by atoms with E-state index in [0.29, 0.717) is 0 Å². The quantitative estimate of drug-likeness (QED) is 0.714. The van der Waals surface area contributed by atoms with Gasteiger partial charge in [-0.15, -0.1) is 12.4 Å². The van der Waals surface area contributed by atoms with Gasteiger partial charge in [0.2, 0.25) is 0 Å². The average Bonchev–Trinajstić information content (AvgIpc) is 2.38. The topological polar surface area (TPSA) is 35.2 Å². The number of ether oxygens (including phenoxy) is 1. The normalized spacial score (nSPS) is 21.3. The van der Waals surface area contributed by atoms with Gasteiger partial charge >= 0.3 is 0 Å². The van der Waals surface area contributed by atoms with Crippen LogP contribution in [0.4, 0.5) is 0 Å². The Morgan fingerprint density at radius 1 is 1.45 bits per heavy atom. The molecule has 1 aliphatic rings. The van der Waals surface area contributed by atoms with Gasteiger partial charge in [-0.1, -0.05) is 12.8 Å². The lowest BCUT2D eigenvalue weighted by molar-refractivity contribution is 0.158. The van der Waals surface area contributed by atoms with Crippen molar-refractivity contribution in [1.82, 2.24) is 0 Å². The van der Waals surface area contributed by atoms with Gasteiger partial charge in [-0.3, -0.25) is 0 Å². The highest BCUT2D eigenvalue weighted by atomic mass is 35.5. The fourth-order valence-electron chi connectivity index (χ4n) is 1.71. The van der Waals surface area contributed by atoms with Crippen molar-refractivity contribution in [2.24, 2.45) is 11.7 Å². The Kier molecular flexibility index (Phi) is 5.92. The van der Waals surface area contributed by atoms with E-state index >= 15 is 0 Å². The molecule has 1 unspecified atom stereocenters. The lowest BCUT2D eigenvalue weighted by atomic mass is 10.00. The molecule has 1 aliphatic carbocycles. The van der Waals surface area contributed by atoms with Gasteiger partial charge in [0.05, 0.1) is 6.61 Å². The summed E-state index contributed by atoms with van der Waals surface area (Å²) >= 11 is 0. The summed E-state index contributed by atoms with van der Waals surface area (Å²) in [7, 11) is 1.72. The maximum Gasteiger partial charge on any atom is 0.0616 e. The lowest BCUT2D eigenvalue weighted by Crippen LogP contribution is -2.32. The highest BCUT2D eigenvalue weighted by Crippen LogP contribution is 2.26. The zero-order valence-electron chi connectivity index (χ0n) is 7.08. The summed E-state index contributed by atoms with van der Waals surface area (Å²) in [5, 5.41) is 0. The van der Waals surface area contributed by atoms with E-state index in [-0.39, 0.29) is 18.4 Å². The molecule has 0 aromatic heterocycles. The molecule has 0 spiro atoms. The Morgan fingerprint density at radius 2 is 2.00 bits per heavy atom. The van der Waals surface area contributed by atoms with Crippen LogP contribution in [-0.4, -0.2) is 19.8 Å². The van der Waals surface area contributed by atoms with Gasteiger partial charge in [-0.05, 0) is 18.8 Å². The Balaban J connectivity index is 0.000001000. The SMILES string of the molecule is COCC(N)C1CCCC1.Cl. The molecule has 0 amide bonds. The van der Waals surface area contributed by atoms with E-state index in [0.717, 1.165) is 12.5 Å². The molecule has 68 valence electrons. The number of rotatable bonds is 3. The van der Waals surface area contributed by atoms with Gasteiger partial charge < -0.3 is 10.5 Å². The molecule has 1 rings (SSSR count). The van der Waals surface area contributed by atoms with Gasteiger partial charge in [0.25, 0.3) is 0 Å². The molecular weight excluding hydrogens is 162 g/mol. The third-order valence-electron chi connectivity index (χ3n) is 2.36. The van der Waals surface area contributed by atoms with Crippen LogP contribution in [0.1, 0.15) is 25.7 Å². The van der Waals surface area contributed by atoms with Crippen molar-refractivity contribution in [3.05, 3.63) is 0 Å². The Morgan fingerprint density at radius 3 is 2.45 bits per heavy atom. The van der Waals surface area contributed by atoms with Crippen molar-refractivity contribution in [2.45, 2.75) is 31.7 Å². The standard InChI is InChI=1S/C8H17NO.ClH/c1-10-6-8(9)7-4-2-3-5-7;/h7-8H,2-6,9H2,1H3;1H. The van der Waals surface area contributed by atoms with Crippen LogP contribution >= 0.6 is 12.4 Å². The Hall–Kier alpha value is 0.210. The molecule has 1 atom stereocenters. The first-order valence-electron chi connectivity index (χ1n) is 4.09. The summed E-state index contributed by atoms with van der Waals surface area (Å²) in [6.07, 6.45) is 5.35. The van der Waals surface area contributed by atoms with Crippen molar-refractivity contribution in [1.29, 1.82) is 0 Å². The van der Waals surface area contributed by atoms with Crippen molar-refractivity contribution in [3.63, 3.8) is 0 Å². The van der Waals surface area contributed by atoms with Crippen molar-refractivity contribution in [2.75, 3.05) is 13.7 Å². The van der Waals surface area contributed by atoms with Crippen molar-refractivity contribution in [3.8, 4) is 0 Å². The second-order valence-corrected chi connectivity index (χ2v) is 3.16. The van der Waals surface area contributed by atoms with Gasteiger partial charge in [-0.25, -0.2) is 0 Å². The van der Waals surface area contributed by atoms with Crippen molar-refractivity contribution < 1.29 is 4.74 Å². The summed E-state index contributed by atoms with van der Waals surface area (Å²) in [4.78, 5) is 0. The van der Waals surface area contributed by atoms with E-state index in [1.807, 2.05) is 0 Å². The number of halogens is 1. The minimum absolute atomic E-state index is 0. The molecule has 1 saturated carbocycles. The zero-order valence-corrected chi connectivity index (χ0v) is 7.90. The van der Waals surface area contributed by atoms with Crippen LogP contribution in [0.3, 0.4) is 0 Å². The molecule has 0 bridgehead atoms. The summed E-state index contributed by atoms with van der Waals surface area (Å²) in [5.74, 6) is 0.736. The first-order chi connectivity index (χ1) is 4.84. The Labute approximate surface area is 74.9 Å². The minimum atomic E-state index is 0. The monoisotopic (exact) mass is 179 g/mol.